The molecule has 0 radical (unpaired) electrons. The van der Waals surface area contributed by atoms with Crippen LogP contribution in [0.2, 0.25) is 0 Å². The van der Waals surface area contributed by atoms with Crippen LogP contribution < -0.4 is 10.6 Å². The molecule has 0 aromatic carbocycles. The van der Waals surface area contributed by atoms with Gasteiger partial charge in [-0.25, -0.2) is 0 Å². The molecule has 0 spiro atoms. The number of nitrogens with two attached hydrogens (primary N) is 1. The molecule has 15 heavy (non-hydrogen) atoms. The van der Waals surface area contributed by atoms with Gasteiger partial charge in [0.15, 0.2) is 0 Å². The van der Waals surface area contributed by atoms with E-state index in [1.807, 2.05) is 6.07 Å². The highest BCUT2D eigenvalue weighted by molar-refractivity contribution is 5.59. The summed E-state index contributed by atoms with van der Waals surface area (Å²) in [4.78, 5) is 6.21. The number of hydrogen-bond donors (Lipinski definition) is 1. The maximum atomic E-state index is 8.97. The minimum absolute atomic E-state index is 0.397. The van der Waals surface area contributed by atoms with Gasteiger partial charge in [-0.1, -0.05) is 0 Å². The molecule has 4 nitrogen and oxygen atoms in total. The summed E-state index contributed by atoms with van der Waals surface area (Å²) >= 11 is 0. The van der Waals surface area contributed by atoms with Gasteiger partial charge in [0.25, 0.3) is 0 Å². The fourth-order valence-corrected chi connectivity index (χ4v) is 2.52. The Morgan fingerprint density at radius 1 is 1.47 bits per heavy atom. The van der Waals surface area contributed by atoms with Gasteiger partial charge in [-0.3, -0.25) is 4.98 Å². The van der Waals surface area contributed by atoms with Crippen LogP contribution in [-0.2, 0) is 0 Å². The molecule has 1 saturated carbocycles. The SMILES string of the molecule is N#Cc1cnccc1N1CC2C(N)[C@H]2C1. The summed E-state index contributed by atoms with van der Waals surface area (Å²) in [6.07, 6.45) is 3.36. The van der Waals surface area contributed by atoms with Crippen LogP contribution in [0.15, 0.2) is 18.5 Å². The third kappa shape index (κ3) is 1.20. The summed E-state index contributed by atoms with van der Waals surface area (Å²) in [7, 11) is 0. The fraction of sp³-hybridized carbons (Fsp3) is 0.455. The zero-order valence-electron chi connectivity index (χ0n) is 8.30. The monoisotopic (exact) mass is 200 g/mol. The van der Waals surface area contributed by atoms with Crippen LogP contribution in [0.4, 0.5) is 5.69 Å². The number of piperidine rings is 1. The Bertz CT molecular complexity index is 424. The molecule has 3 atom stereocenters. The number of rotatable bonds is 1. The molecule has 4 heteroatoms. The van der Waals surface area contributed by atoms with Crippen molar-refractivity contribution in [1.82, 2.24) is 4.98 Å². The summed E-state index contributed by atoms with van der Waals surface area (Å²) < 4.78 is 0. The molecule has 2 aliphatic rings. The zero-order chi connectivity index (χ0) is 10.4. The van der Waals surface area contributed by atoms with E-state index >= 15 is 0 Å². The van der Waals surface area contributed by atoms with Crippen molar-refractivity contribution in [2.75, 3.05) is 18.0 Å². The Hall–Kier alpha value is -1.60. The van der Waals surface area contributed by atoms with Gasteiger partial charge in [-0.05, 0) is 17.9 Å². The lowest BCUT2D eigenvalue weighted by Crippen LogP contribution is -2.28. The first-order valence-electron chi connectivity index (χ1n) is 5.16. The van der Waals surface area contributed by atoms with E-state index in [1.54, 1.807) is 12.4 Å². The van der Waals surface area contributed by atoms with E-state index in [2.05, 4.69) is 16.0 Å². The minimum atomic E-state index is 0.397. The van der Waals surface area contributed by atoms with Crippen LogP contribution in [0.25, 0.3) is 0 Å². The minimum Gasteiger partial charge on any atom is -0.370 e. The smallest absolute Gasteiger partial charge is 0.103 e. The molecule has 1 saturated heterocycles. The van der Waals surface area contributed by atoms with Gasteiger partial charge >= 0.3 is 0 Å². The summed E-state index contributed by atoms with van der Waals surface area (Å²) in [5.74, 6) is 1.29. The highest BCUT2D eigenvalue weighted by atomic mass is 15.2. The predicted molar refractivity (Wildman–Crippen MR) is 56.1 cm³/mol. The Balaban J connectivity index is 1.86. The van der Waals surface area contributed by atoms with Crippen molar-refractivity contribution in [3.63, 3.8) is 0 Å². The molecule has 2 heterocycles. The van der Waals surface area contributed by atoms with Crippen LogP contribution in [0.3, 0.4) is 0 Å². The second-order valence-corrected chi connectivity index (χ2v) is 4.31. The standard InChI is InChI=1S/C11H12N4/c12-3-7-4-14-2-1-10(7)15-5-8-9(6-15)11(8)13/h1-2,4,8-9,11H,5-6,13H2/t8-,9?,11?/m0/s1. The summed E-state index contributed by atoms with van der Waals surface area (Å²) in [5.41, 5.74) is 7.54. The van der Waals surface area contributed by atoms with Crippen LogP contribution in [0.1, 0.15) is 5.56 Å². The number of pyridine rings is 1. The molecular formula is C11H12N4. The molecule has 1 aliphatic heterocycles. The van der Waals surface area contributed by atoms with E-state index in [1.165, 1.54) is 0 Å². The summed E-state index contributed by atoms with van der Waals surface area (Å²) in [6.45, 7) is 1.98. The molecule has 1 aromatic heterocycles. The van der Waals surface area contributed by atoms with Crippen LogP contribution in [-0.4, -0.2) is 24.1 Å². The molecule has 0 bridgehead atoms. The van der Waals surface area contributed by atoms with Gasteiger partial charge in [0, 0.05) is 31.5 Å². The number of hydrogen-bond acceptors (Lipinski definition) is 4. The van der Waals surface area contributed by atoms with E-state index < -0.39 is 0 Å². The third-order valence-electron chi connectivity index (χ3n) is 3.52. The van der Waals surface area contributed by atoms with E-state index in [0.717, 1.165) is 18.8 Å². The fourth-order valence-electron chi connectivity index (χ4n) is 2.52. The van der Waals surface area contributed by atoms with Gasteiger partial charge < -0.3 is 10.6 Å². The van der Waals surface area contributed by atoms with Crippen molar-refractivity contribution in [3.05, 3.63) is 24.0 Å². The lowest BCUT2D eigenvalue weighted by molar-refractivity contribution is 0.742. The predicted octanol–water partition coefficient (Wildman–Crippen LogP) is 0.347. The molecule has 1 aliphatic carbocycles. The molecule has 2 fully saturated rings. The zero-order valence-corrected chi connectivity index (χ0v) is 8.30. The molecule has 76 valence electrons. The Morgan fingerprint density at radius 3 is 2.87 bits per heavy atom. The first-order valence-corrected chi connectivity index (χ1v) is 5.16. The number of nitriles is 1. The van der Waals surface area contributed by atoms with Gasteiger partial charge in [-0.15, -0.1) is 0 Å². The van der Waals surface area contributed by atoms with Gasteiger partial charge in [0.05, 0.1) is 11.3 Å². The average molecular weight is 200 g/mol. The lowest BCUT2D eigenvalue weighted by atomic mass is 10.2. The maximum Gasteiger partial charge on any atom is 0.103 e. The number of anilines is 1. The first kappa shape index (κ1) is 8.69. The van der Waals surface area contributed by atoms with Gasteiger partial charge in [0.1, 0.15) is 6.07 Å². The number of fused-ring (bicyclic) bond motifs is 1. The molecule has 2 N–H and O–H groups in total. The highest BCUT2D eigenvalue weighted by Gasteiger charge is 2.53. The number of nitrogens with zero attached hydrogens (tertiary/aromatic N) is 3. The molecule has 2 unspecified atom stereocenters. The Kier molecular flexibility index (Phi) is 1.70. The highest BCUT2D eigenvalue weighted by Crippen LogP contribution is 2.45. The van der Waals surface area contributed by atoms with E-state index in [-0.39, 0.29) is 0 Å². The van der Waals surface area contributed by atoms with Gasteiger partial charge in [-0.2, -0.15) is 5.26 Å². The van der Waals surface area contributed by atoms with Crippen LogP contribution in [0.5, 0.6) is 0 Å². The van der Waals surface area contributed by atoms with E-state index in [0.29, 0.717) is 23.4 Å². The normalized spacial score (nSPS) is 32.3. The first-order chi connectivity index (χ1) is 7.31. The topological polar surface area (TPSA) is 65.9 Å². The van der Waals surface area contributed by atoms with E-state index in [9.17, 15) is 0 Å². The third-order valence-corrected chi connectivity index (χ3v) is 3.52. The van der Waals surface area contributed by atoms with Crippen LogP contribution in [0, 0.1) is 23.2 Å². The quantitative estimate of drug-likeness (QED) is 0.710. The van der Waals surface area contributed by atoms with Crippen molar-refractivity contribution < 1.29 is 0 Å². The van der Waals surface area contributed by atoms with E-state index in [4.69, 9.17) is 11.0 Å². The Morgan fingerprint density at radius 2 is 2.20 bits per heavy atom. The van der Waals surface area contributed by atoms with Crippen molar-refractivity contribution >= 4 is 5.69 Å². The lowest BCUT2D eigenvalue weighted by Gasteiger charge is -2.21. The Labute approximate surface area is 88.3 Å². The van der Waals surface area contributed by atoms with Gasteiger partial charge in [0.2, 0.25) is 0 Å². The second kappa shape index (κ2) is 2.94. The van der Waals surface area contributed by atoms with Crippen molar-refractivity contribution in [3.8, 4) is 6.07 Å². The molecular weight excluding hydrogens is 188 g/mol. The average Bonchev–Trinajstić information content (AvgIpc) is 2.73. The second-order valence-electron chi connectivity index (χ2n) is 4.31. The number of aromatic nitrogens is 1. The molecule has 0 amide bonds. The van der Waals surface area contributed by atoms with Crippen molar-refractivity contribution in [2.45, 2.75) is 6.04 Å². The maximum absolute atomic E-state index is 8.97. The summed E-state index contributed by atoms with van der Waals surface area (Å²) in [5, 5.41) is 8.97. The van der Waals surface area contributed by atoms with Crippen molar-refractivity contribution in [1.29, 1.82) is 5.26 Å². The molecule has 1 aromatic rings. The largest absolute Gasteiger partial charge is 0.370 e. The van der Waals surface area contributed by atoms with Crippen LogP contribution >= 0.6 is 0 Å². The summed E-state index contributed by atoms with van der Waals surface area (Å²) in [6, 6.07) is 4.49. The molecule has 3 rings (SSSR count). The van der Waals surface area contributed by atoms with Crippen molar-refractivity contribution in [2.24, 2.45) is 17.6 Å².